The molecule has 1 aromatic heterocycles. The van der Waals surface area contributed by atoms with Gasteiger partial charge in [-0.3, -0.25) is 0 Å². The van der Waals surface area contributed by atoms with Gasteiger partial charge in [0.05, 0.1) is 19.8 Å². The summed E-state index contributed by atoms with van der Waals surface area (Å²) >= 11 is 0. The van der Waals surface area contributed by atoms with E-state index in [4.69, 9.17) is 15.2 Å². The van der Waals surface area contributed by atoms with E-state index in [0.717, 1.165) is 17.5 Å². The first-order valence-corrected chi connectivity index (χ1v) is 5.02. The molecule has 0 fully saturated rings. The average molecular weight is 210 g/mol. The van der Waals surface area contributed by atoms with Crippen molar-refractivity contribution >= 4 is 5.82 Å². The molecule has 4 nitrogen and oxygen atoms in total. The van der Waals surface area contributed by atoms with Crippen LogP contribution in [0.2, 0.25) is 0 Å². The van der Waals surface area contributed by atoms with Crippen LogP contribution in [0.25, 0.3) is 0 Å². The second-order valence-electron chi connectivity index (χ2n) is 3.35. The number of nitrogen functional groups attached to an aromatic ring is 1. The Labute approximate surface area is 90.4 Å². The van der Waals surface area contributed by atoms with Gasteiger partial charge in [-0.1, -0.05) is 0 Å². The summed E-state index contributed by atoms with van der Waals surface area (Å²) in [7, 11) is 1.66. The van der Waals surface area contributed by atoms with Gasteiger partial charge in [0.15, 0.2) is 0 Å². The van der Waals surface area contributed by atoms with Crippen LogP contribution < -0.4 is 5.73 Å². The lowest BCUT2D eigenvalue weighted by Gasteiger charge is -2.08. The van der Waals surface area contributed by atoms with E-state index in [1.54, 1.807) is 13.3 Å². The lowest BCUT2D eigenvalue weighted by Crippen LogP contribution is -2.08. The van der Waals surface area contributed by atoms with Crippen molar-refractivity contribution in [2.75, 3.05) is 32.7 Å². The zero-order chi connectivity index (χ0) is 11.1. The fourth-order valence-corrected chi connectivity index (χ4v) is 1.35. The number of pyridine rings is 1. The van der Waals surface area contributed by atoms with Crippen LogP contribution in [-0.4, -0.2) is 31.9 Å². The molecule has 0 spiro atoms. The van der Waals surface area contributed by atoms with Gasteiger partial charge in [-0.25, -0.2) is 4.98 Å². The highest BCUT2D eigenvalue weighted by Gasteiger charge is 2.03. The lowest BCUT2D eigenvalue weighted by atomic mass is 10.1. The fraction of sp³-hybridized carbons (Fsp3) is 0.545. The van der Waals surface area contributed by atoms with E-state index in [9.17, 15) is 0 Å². The number of hydrogen-bond donors (Lipinski definition) is 1. The van der Waals surface area contributed by atoms with Crippen LogP contribution in [0.3, 0.4) is 0 Å². The molecule has 0 atom stereocenters. The van der Waals surface area contributed by atoms with Gasteiger partial charge in [0.25, 0.3) is 0 Å². The van der Waals surface area contributed by atoms with E-state index in [2.05, 4.69) is 4.98 Å². The Morgan fingerprint density at radius 1 is 1.33 bits per heavy atom. The van der Waals surface area contributed by atoms with Crippen molar-refractivity contribution in [2.24, 2.45) is 0 Å². The van der Waals surface area contributed by atoms with Crippen molar-refractivity contribution < 1.29 is 9.47 Å². The zero-order valence-corrected chi connectivity index (χ0v) is 9.32. The molecule has 1 heterocycles. The smallest absolute Gasteiger partial charge is 0.126 e. The van der Waals surface area contributed by atoms with Gasteiger partial charge in [0, 0.05) is 13.3 Å². The molecule has 0 saturated heterocycles. The first-order chi connectivity index (χ1) is 7.25. The Bertz CT molecular complexity index is 282. The number of ether oxygens (including phenoxy) is 2. The molecule has 0 bridgehead atoms. The quantitative estimate of drug-likeness (QED) is 0.716. The number of hydrogen-bond acceptors (Lipinski definition) is 4. The van der Waals surface area contributed by atoms with Crippen molar-refractivity contribution in [1.29, 1.82) is 0 Å². The van der Waals surface area contributed by atoms with Gasteiger partial charge in [0.2, 0.25) is 0 Å². The topological polar surface area (TPSA) is 57.4 Å². The third kappa shape index (κ3) is 3.85. The number of aryl methyl sites for hydroxylation is 1. The molecule has 1 aromatic rings. The summed E-state index contributed by atoms with van der Waals surface area (Å²) in [5, 5.41) is 0. The second-order valence-corrected chi connectivity index (χ2v) is 3.35. The maximum atomic E-state index is 5.77. The highest BCUT2D eigenvalue weighted by atomic mass is 16.5. The van der Waals surface area contributed by atoms with E-state index in [-0.39, 0.29) is 0 Å². The number of nitrogens with zero attached hydrogens (tertiary/aromatic N) is 1. The van der Waals surface area contributed by atoms with Crippen LogP contribution in [0.5, 0.6) is 0 Å². The van der Waals surface area contributed by atoms with E-state index < -0.39 is 0 Å². The van der Waals surface area contributed by atoms with Crippen LogP contribution in [0, 0.1) is 6.92 Å². The summed E-state index contributed by atoms with van der Waals surface area (Å²) in [5.41, 5.74) is 8.01. The molecule has 0 unspecified atom stereocenters. The van der Waals surface area contributed by atoms with Gasteiger partial charge in [-0.2, -0.15) is 0 Å². The molecule has 0 radical (unpaired) electrons. The largest absolute Gasteiger partial charge is 0.383 e. The number of anilines is 1. The highest BCUT2D eigenvalue weighted by molar-refractivity contribution is 5.43. The predicted octanol–water partition coefficient (Wildman–Crippen LogP) is 1.18. The summed E-state index contributed by atoms with van der Waals surface area (Å²) in [4.78, 5) is 4.05. The van der Waals surface area contributed by atoms with Crippen molar-refractivity contribution in [3.8, 4) is 0 Å². The predicted molar refractivity (Wildman–Crippen MR) is 59.8 cm³/mol. The van der Waals surface area contributed by atoms with Crippen LogP contribution >= 0.6 is 0 Å². The van der Waals surface area contributed by atoms with Crippen molar-refractivity contribution in [3.05, 3.63) is 23.4 Å². The minimum atomic E-state index is 0.602. The van der Waals surface area contributed by atoms with Gasteiger partial charge < -0.3 is 15.2 Å². The minimum Gasteiger partial charge on any atom is -0.383 e. The van der Waals surface area contributed by atoms with Gasteiger partial charge in [-0.15, -0.1) is 0 Å². The van der Waals surface area contributed by atoms with Crippen LogP contribution in [0.15, 0.2) is 12.3 Å². The molecular formula is C11H18N2O2. The number of methoxy groups -OCH3 is 1. The highest BCUT2D eigenvalue weighted by Crippen LogP contribution is 2.13. The molecule has 0 amide bonds. The van der Waals surface area contributed by atoms with Gasteiger partial charge >= 0.3 is 0 Å². The molecule has 0 aromatic carbocycles. The Kier molecular flexibility index (Phi) is 5.07. The zero-order valence-electron chi connectivity index (χ0n) is 9.32. The molecule has 4 heteroatoms. The first kappa shape index (κ1) is 11.9. The second kappa shape index (κ2) is 6.37. The summed E-state index contributed by atoms with van der Waals surface area (Å²) in [6, 6.07) is 1.96. The van der Waals surface area contributed by atoms with Crippen LogP contribution in [0.1, 0.15) is 11.1 Å². The van der Waals surface area contributed by atoms with E-state index >= 15 is 0 Å². The Hall–Kier alpha value is -1.13. The third-order valence-corrected chi connectivity index (χ3v) is 2.25. The van der Waals surface area contributed by atoms with E-state index in [1.165, 1.54) is 0 Å². The van der Waals surface area contributed by atoms with Crippen molar-refractivity contribution in [2.45, 2.75) is 13.3 Å². The van der Waals surface area contributed by atoms with E-state index in [1.807, 2.05) is 13.0 Å². The van der Waals surface area contributed by atoms with Crippen molar-refractivity contribution in [1.82, 2.24) is 4.98 Å². The fourth-order valence-electron chi connectivity index (χ4n) is 1.35. The molecule has 15 heavy (non-hydrogen) atoms. The molecular weight excluding hydrogens is 192 g/mol. The van der Waals surface area contributed by atoms with Gasteiger partial charge in [-0.05, 0) is 30.5 Å². The SMILES string of the molecule is COCCOCCc1c(C)ccnc1N. The lowest BCUT2D eigenvalue weighted by molar-refractivity contribution is 0.0722. The molecule has 0 aliphatic heterocycles. The summed E-state index contributed by atoms with van der Waals surface area (Å²) < 4.78 is 10.3. The minimum absolute atomic E-state index is 0.602. The standard InChI is InChI=1S/C11H18N2O2/c1-9-3-5-13-11(12)10(9)4-6-15-8-7-14-2/h3,5H,4,6-8H2,1-2H3,(H2,12,13). The normalized spacial score (nSPS) is 10.5. The van der Waals surface area contributed by atoms with Crippen LogP contribution in [0.4, 0.5) is 5.82 Å². The molecule has 0 aliphatic rings. The van der Waals surface area contributed by atoms with Gasteiger partial charge in [0.1, 0.15) is 5.82 Å². The van der Waals surface area contributed by atoms with Crippen molar-refractivity contribution in [3.63, 3.8) is 0 Å². The number of aromatic nitrogens is 1. The Balaban J connectivity index is 2.37. The molecule has 2 N–H and O–H groups in total. The molecule has 1 rings (SSSR count). The summed E-state index contributed by atoms with van der Waals surface area (Å²) in [6.07, 6.45) is 2.52. The van der Waals surface area contributed by atoms with Crippen LogP contribution in [-0.2, 0) is 15.9 Å². The Morgan fingerprint density at radius 3 is 2.80 bits per heavy atom. The number of nitrogens with two attached hydrogens (primary N) is 1. The molecule has 84 valence electrons. The third-order valence-electron chi connectivity index (χ3n) is 2.25. The molecule has 0 aliphatic carbocycles. The summed E-state index contributed by atoms with van der Waals surface area (Å²) in [5.74, 6) is 0.602. The average Bonchev–Trinajstić information content (AvgIpc) is 2.21. The van der Waals surface area contributed by atoms with E-state index in [0.29, 0.717) is 25.6 Å². The summed E-state index contributed by atoms with van der Waals surface area (Å²) in [6.45, 7) is 3.93. The number of rotatable bonds is 6. The molecule has 0 saturated carbocycles. The first-order valence-electron chi connectivity index (χ1n) is 5.02. The Morgan fingerprint density at radius 2 is 2.13 bits per heavy atom. The maximum absolute atomic E-state index is 5.77. The monoisotopic (exact) mass is 210 g/mol. The maximum Gasteiger partial charge on any atom is 0.126 e.